The van der Waals surface area contributed by atoms with Gasteiger partial charge in [-0.05, 0) is 6.07 Å². The molecular formula is C13H16F3N7S. The number of rotatable bonds is 3. The highest BCUT2D eigenvalue weighted by molar-refractivity contribution is 7.15. The van der Waals surface area contributed by atoms with Gasteiger partial charge in [0.1, 0.15) is 5.82 Å². The van der Waals surface area contributed by atoms with Gasteiger partial charge in [0.05, 0.1) is 0 Å². The Bertz CT molecular complexity index is 695. The highest BCUT2D eigenvalue weighted by Gasteiger charge is 2.36. The third-order valence-electron chi connectivity index (χ3n) is 3.56. The summed E-state index contributed by atoms with van der Waals surface area (Å²) in [5.74, 6) is 1.43. The summed E-state index contributed by atoms with van der Waals surface area (Å²) in [6, 6.07) is 1.83. The monoisotopic (exact) mass is 359 g/mol. The molecule has 130 valence electrons. The largest absolute Gasteiger partial charge is 0.445 e. The minimum atomic E-state index is -4.44. The zero-order chi connectivity index (χ0) is 17.3. The molecule has 0 atom stereocenters. The first kappa shape index (κ1) is 16.7. The van der Waals surface area contributed by atoms with E-state index in [1.54, 1.807) is 6.20 Å². The van der Waals surface area contributed by atoms with E-state index in [0.717, 1.165) is 5.82 Å². The molecule has 0 bridgehead atoms. The molecule has 0 unspecified atom stereocenters. The van der Waals surface area contributed by atoms with E-state index in [9.17, 15) is 13.2 Å². The van der Waals surface area contributed by atoms with Crippen molar-refractivity contribution in [2.75, 3.05) is 55.0 Å². The van der Waals surface area contributed by atoms with Crippen molar-refractivity contribution in [3.05, 3.63) is 17.3 Å². The molecule has 7 nitrogen and oxygen atoms in total. The van der Waals surface area contributed by atoms with Gasteiger partial charge < -0.3 is 14.7 Å². The summed E-state index contributed by atoms with van der Waals surface area (Å²) in [5.41, 5.74) is 0. The van der Waals surface area contributed by atoms with E-state index >= 15 is 0 Å². The van der Waals surface area contributed by atoms with E-state index in [-0.39, 0.29) is 0 Å². The van der Waals surface area contributed by atoms with E-state index in [4.69, 9.17) is 0 Å². The van der Waals surface area contributed by atoms with Crippen molar-refractivity contribution >= 4 is 28.2 Å². The lowest BCUT2D eigenvalue weighted by atomic mass is 10.3. The van der Waals surface area contributed by atoms with Crippen LogP contribution in [0.25, 0.3) is 0 Å². The highest BCUT2D eigenvalue weighted by Crippen LogP contribution is 2.34. The fraction of sp³-hybridized carbons (Fsp3) is 0.538. The normalized spacial score (nSPS) is 15.7. The zero-order valence-electron chi connectivity index (χ0n) is 13.2. The minimum Gasteiger partial charge on any atom is -0.353 e. The molecule has 24 heavy (non-hydrogen) atoms. The Morgan fingerprint density at radius 3 is 2.33 bits per heavy atom. The Morgan fingerprint density at radius 2 is 1.75 bits per heavy atom. The first-order valence-electron chi connectivity index (χ1n) is 7.25. The van der Waals surface area contributed by atoms with Gasteiger partial charge in [-0.25, -0.2) is 4.98 Å². The van der Waals surface area contributed by atoms with Crippen LogP contribution in [0.5, 0.6) is 0 Å². The molecule has 2 aromatic rings. The van der Waals surface area contributed by atoms with Crippen LogP contribution in [-0.4, -0.2) is 60.4 Å². The van der Waals surface area contributed by atoms with Crippen molar-refractivity contribution in [1.82, 2.24) is 20.2 Å². The molecule has 1 aliphatic heterocycles. The molecule has 0 aliphatic carbocycles. The Labute approximate surface area is 140 Å². The van der Waals surface area contributed by atoms with Crippen LogP contribution in [0.3, 0.4) is 0 Å². The number of piperazine rings is 1. The van der Waals surface area contributed by atoms with Crippen molar-refractivity contribution < 1.29 is 13.2 Å². The van der Waals surface area contributed by atoms with E-state index < -0.39 is 11.2 Å². The number of hydrogen-bond acceptors (Lipinski definition) is 8. The highest BCUT2D eigenvalue weighted by atomic mass is 32.1. The van der Waals surface area contributed by atoms with Crippen LogP contribution in [0.2, 0.25) is 0 Å². The van der Waals surface area contributed by atoms with E-state index in [1.165, 1.54) is 0 Å². The van der Waals surface area contributed by atoms with Crippen LogP contribution in [0.1, 0.15) is 5.01 Å². The van der Waals surface area contributed by atoms with E-state index in [0.29, 0.717) is 48.6 Å². The maximum atomic E-state index is 12.6. The molecule has 3 rings (SSSR count). The molecule has 1 fully saturated rings. The van der Waals surface area contributed by atoms with Gasteiger partial charge in [-0.15, -0.1) is 10.2 Å². The summed E-state index contributed by atoms with van der Waals surface area (Å²) in [6.07, 6.45) is -2.74. The summed E-state index contributed by atoms with van der Waals surface area (Å²) in [5, 5.41) is 6.29. The molecule has 0 saturated carbocycles. The molecule has 0 aromatic carbocycles. The Morgan fingerprint density at radius 1 is 1.08 bits per heavy atom. The minimum absolute atomic E-state index is 0.304. The maximum Gasteiger partial charge on any atom is 0.445 e. The van der Waals surface area contributed by atoms with Gasteiger partial charge in [0.15, 0.2) is 0 Å². The average Bonchev–Trinajstić information content (AvgIpc) is 3.05. The predicted octanol–water partition coefficient (Wildman–Crippen LogP) is 1.74. The van der Waals surface area contributed by atoms with Gasteiger partial charge in [0, 0.05) is 46.5 Å². The van der Waals surface area contributed by atoms with Crippen molar-refractivity contribution in [3.63, 3.8) is 0 Å². The molecule has 0 N–H and O–H groups in total. The molecule has 2 aromatic heterocycles. The molecule has 0 amide bonds. The molecule has 1 aliphatic rings. The lowest BCUT2D eigenvalue weighted by Gasteiger charge is -2.35. The van der Waals surface area contributed by atoms with Gasteiger partial charge in [-0.2, -0.15) is 18.2 Å². The SMILES string of the molecule is CN(C)c1nccc(N2CCN(c3nnc(C(F)(F)F)s3)CC2)n1. The van der Waals surface area contributed by atoms with E-state index in [2.05, 4.69) is 25.1 Å². The fourth-order valence-electron chi connectivity index (χ4n) is 2.32. The van der Waals surface area contributed by atoms with Gasteiger partial charge in [-0.3, -0.25) is 0 Å². The second-order valence-corrected chi connectivity index (χ2v) is 6.43. The second kappa shape index (κ2) is 6.38. The zero-order valence-corrected chi connectivity index (χ0v) is 14.0. The van der Waals surface area contributed by atoms with Gasteiger partial charge in [0.2, 0.25) is 16.1 Å². The Balaban J connectivity index is 1.65. The molecule has 3 heterocycles. The first-order valence-corrected chi connectivity index (χ1v) is 8.07. The first-order chi connectivity index (χ1) is 11.3. The number of nitrogens with zero attached hydrogens (tertiary/aromatic N) is 7. The summed E-state index contributed by atoms with van der Waals surface area (Å²) in [7, 11) is 3.73. The van der Waals surface area contributed by atoms with Crippen LogP contribution >= 0.6 is 11.3 Å². The number of anilines is 3. The summed E-state index contributed by atoms with van der Waals surface area (Å²) in [4.78, 5) is 14.4. The molecule has 0 radical (unpaired) electrons. The predicted molar refractivity (Wildman–Crippen MR) is 85.7 cm³/mol. The standard InChI is InChI=1S/C13H16F3N7S/c1-21(2)11-17-4-3-9(18-11)22-5-7-23(8-6-22)12-20-19-10(24-12)13(14,15)16/h3-4H,5-8H2,1-2H3. The summed E-state index contributed by atoms with van der Waals surface area (Å²) >= 11 is 0.578. The third-order valence-corrected chi connectivity index (χ3v) is 4.59. The summed E-state index contributed by atoms with van der Waals surface area (Å²) in [6.45, 7) is 2.41. The molecule has 11 heteroatoms. The maximum absolute atomic E-state index is 12.6. The Hall–Kier alpha value is -2.17. The van der Waals surface area contributed by atoms with Crippen molar-refractivity contribution in [1.29, 1.82) is 0 Å². The molecular weight excluding hydrogens is 343 g/mol. The van der Waals surface area contributed by atoms with Crippen LogP contribution in [0.15, 0.2) is 12.3 Å². The molecule has 1 saturated heterocycles. The lowest BCUT2D eigenvalue weighted by Crippen LogP contribution is -2.46. The summed E-state index contributed by atoms with van der Waals surface area (Å²) < 4.78 is 37.9. The quantitative estimate of drug-likeness (QED) is 0.827. The van der Waals surface area contributed by atoms with Crippen molar-refractivity contribution in [3.8, 4) is 0 Å². The number of aromatic nitrogens is 4. The smallest absolute Gasteiger partial charge is 0.353 e. The lowest BCUT2D eigenvalue weighted by molar-refractivity contribution is -0.138. The van der Waals surface area contributed by atoms with Crippen LogP contribution < -0.4 is 14.7 Å². The number of halogens is 3. The average molecular weight is 359 g/mol. The van der Waals surface area contributed by atoms with Crippen LogP contribution in [-0.2, 0) is 6.18 Å². The topological polar surface area (TPSA) is 61.3 Å². The van der Waals surface area contributed by atoms with Crippen LogP contribution in [0.4, 0.5) is 30.1 Å². The number of alkyl halides is 3. The number of hydrogen-bond donors (Lipinski definition) is 0. The van der Waals surface area contributed by atoms with Crippen LogP contribution in [0, 0.1) is 0 Å². The second-order valence-electron chi connectivity index (χ2n) is 5.47. The fourth-order valence-corrected chi connectivity index (χ4v) is 3.08. The van der Waals surface area contributed by atoms with E-state index in [1.807, 2.05) is 30.0 Å². The van der Waals surface area contributed by atoms with Gasteiger partial charge in [-0.1, -0.05) is 11.3 Å². The molecule has 0 spiro atoms. The van der Waals surface area contributed by atoms with Crippen molar-refractivity contribution in [2.24, 2.45) is 0 Å². The van der Waals surface area contributed by atoms with Crippen molar-refractivity contribution in [2.45, 2.75) is 6.18 Å². The van der Waals surface area contributed by atoms with Gasteiger partial charge >= 0.3 is 6.18 Å². The third kappa shape index (κ3) is 3.50. The Kier molecular flexibility index (Phi) is 4.43. The van der Waals surface area contributed by atoms with Gasteiger partial charge in [0.25, 0.3) is 0 Å².